The summed E-state index contributed by atoms with van der Waals surface area (Å²) >= 11 is 1.30. The number of unbranched alkanes of at least 4 members (excludes halogenated alkanes) is 2. The zero-order chi connectivity index (χ0) is 23.5. The number of aromatic hydroxyl groups is 1. The molecule has 32 heavy (non-hydrogen) atoms. The molecular weight excluding hydrogens is 452 g/mol. The van der Waals surface area contributed by atoms with Crippen molar-refractivity contribution in [3.63, 3.8) is 0 Å². The number of phenolic OH excluding ortho intramolecular Hbond substituents is 1. The number of nitrogens with zero attached hydrogens (tertiary/aromatic N) is 1. The van der Waals surface area contributed by atoms with Crippen LogP contribution in [0.4, 0.5) is 20.2 Å². The summed E-state index contributed by atoms with van der Waals surface area (Å²) in [6.45, 7) is 4.52. The molecule has 3 rings (SSSR count). The molecule has 0 amide bonds. The van der Waals surface area contributed by atoms with Gasteiger partial charge in [-0.05, 0) is 37.3 Å². The smallest absolute Gasteiger partial charge is 0.181 e. The Morgan fingerprint density at radius 3 is 2.28 bits per heavy atom. The third-order valence-electron chi connectivity index (χ3n) is 6.21. The zero-order valence-corrected chi connectivity index (χ0v) is 20.5. The first-order valence-electron chi connectivity index (χ1n) is 11.0. The number of benzene rings is 2. The van der Waals surface area contributed by atoms with Gasteiger partial charge in [0, 0.05) is 29.8 Å². The van der Waals surface area contributed by atoms with Gasteiger partial charge in [0.25, 0.3) is 0 Å². The summed E-state index contributed by atoms with van der Waals surface area (Å²) in [5, 5.41) is 10.4. The van der Waals surface area contributed by atoms with Gasteiger partial charge in [0.2, 0.25) is 0 Å². The number of halogens is 2. The van der Waals surface area contributed by atoms with Crippen LogP contribution in [0, 0.1) is 17.0 Å². The van der Waals surface area contributed by atoms with E-state index in [0.717, 1.165) is 50.7 Å². The van der Waals surface area contributed by atoms with Crippen LogP contribution in [0.15, 0.2) is 40.1 Å². The topological polar surface area (TPSA) is 57.6 Å². The van der Waals surface area contributed by atoms with Crippen LogP contribution in [0.1, 0.15) is 52.4 Å². The van der Waals surface area contributed by atoms with E-state index in [1.165, 1.54) is 23.9 Å². The van der Waals surface area contributed by atoms with Gasteiger partial charge in [0.05, 0.1) is 21.2 Å². The molecule has 1 heterocycles. The quantitative estimate of drug-likeness (QED) is 0.424. The Balaban J connectivity index is 2.27. The lowest BCUT2D eigenvalue weighted by Crippen LogP contribution is -2.38. The minimum atomic E-state index is -3.73. The second-order valence-corrected chi connectivity index (χ2v) is 11.4. The molecular formula is C24H31F2NO3S2. The van der Waals surface area contributed by atoms with E-state index in [0.29, 0.717) is 22.8 Å². The number of fused-ring (bicyclic) bond motifs is 1. The van der Waals surface area contributed by atoms with E-state index in [1.54, 1.807) is 17.2 Å². The summed E-state index contributed by atoms with van der Waals surface area (Å²) in [5.41, 5.74) is 0.259. The maximum atomic E-state index is 14.2. The fourth-order valence-corrected chi connectivity index (χ4v) is 7.14. The molecule has 176 valence electrons. The maximum absolute atomic E-state index is 14.2. The first-order chi connectivity index (χ1) is 15.2. The third-order valence-corrected chi connectivity index (χ3v) is 8.97. The van der Waals surface area contributed by atoms with E-state index in [9.17, 15) is 22.3 Å². The monoisotopic (exact) mass is 483 g/mol. The number of sulfone groups is 1. The van der Waals surface area contributed by atoms with E-state index >= 15 is 0 Å². The van der Waals surface area contributed by atoms with Crippen molar-refractivity contribution in [1.29, 1.82) is 0 Å². The zero-order valence-electron chi connectivity index (χ0n) is 18.8. The normalized spacial score (nSPS) is 17.1. The van der Waals surface area contributed by atoms with Crippen molar-refractivity contribution >= 4 is 33.0 Å². The lowest BCUT2D eigenvalue weighted by Gasteiger charge is -2.37. The summed E-state index contributed by atoms with van der Waals surface area (Å²) in [6, 6.07) is 6.62. The van der Waals surface area contributed by atoms with Gasteiger partial charge in [0.1, 0.15) is 5.75 Å². The van der Waals surface area contributed by atoms with Gasteiger partial charge in [-0.1, -0.05) is 39.5 Å². The molecule has 0 unspecified atom stereocenters. The van der Waals surface area contributed by atoms with Crippen LogP contribution in [0.25, 0.3) is 0 Å². The number of phenols is 1. The minimum absolute atomic E-state index is 0.0346. The van der Waals surface area contributed by atoms with Gasteiger partial charge < -0.3 is 10.0 Å². The summed E-state index contributed by atoms with van der Waals surface area (Å²) in [6.07, 6.45) is 6.86. The van der Waals surface area contributed by atoms with Gasteiger partial charge in [-0.15, -0.1) is 11.8 Å². The minimum Gasteiger partial charge on any atom is -0.507 e. The number of anilines is 2. The van der Waals surface area contributed by atoms with Gasteiger partial charge in [-0.3, -0.25) is 0 Å². The van der Waals surface area contributed by atoms with E-state index in [4.69, 9.17) is 0 Å². The van der Waals surface area contributed by atoms with Gasteiger partial charge >= 0.3 is 0 Å². The van der Waals surface area contributed by atoms with Crippen LogP contribution in [0.3, 0.4) is 0 Å². The van der Waals surface area contributed by atoms with Crippen molar-refractivity contribution in [2.75, 3.05) is 23.5 Å². The molecule has 0 bridgehead atoms. The number of thioether (sulfide) groups is 1. The highest BCUT2D eigenvalue weighted by Crippen LogP contribution is 2.47. The number of hydrogen-bond acceptors (Lipinski definition) is 5. The highest BCUT2D eigenvalue weighted by Gasteiger charge is 2.42. The number of hydrogen-bond donors (Lipinski definition) is 1. The lowest BCUT2D eigenvalue weighted by atomic mass is 9.79. The molecule has 0 radical (unpaired) electrons. The first kappa shape index (κ1) is 24.8. The SMILES string of the molecule is CCCCC1(CCCC)CN(c2ccc(F)c(F)c2)c2cc(SC)c(O)cc2S(=O)(=O)C1. The van der Waals surface area contributed by atoms with Crippen molar-refractivity contribution in [3.8, 4) is 5.75 Å². The van der Waals surface area contributed by atoms with Crippen molar-refractivity contribution in [2.24, 2.45) is 5.41 Å². The molecule has 0 fully saturated rings. The van der Waals surface area contributed by atoms with Gasteiger partial charge in [0.15, 0.2) is 21.5 Å². The van der Waals surface area contributed by atoms with Gasteiger partial charge in [-0.25, -0.2) is 17.2 Å². The molecule has 0 saturated carbocycles. The highest BCUT2D eigenvalue weighted by molar-refractivity contribution is 7.98. The van der Waals surface area contributed by atoms with Crippen LogP contribution >= 0.6 is 11.8 Å². The Kier molecular flexibility index (Phi) is 7.76. The Hall–Kier alpha value is -1.80. The predicted octanol–water partition coefficient (Wildman–Crippen LogP) is 6.68. The molecule has 4 nitrogen and oxygen atoms in total. The second kappa shape index (κ2) is 10.00. The fraction of sp³-hybridized carbons (Fsp3) is 0.500. The summed E-state index contributed by atoms with van der Waals surface area (Å²) in [4.78, 5) is 2.36. The summed E-state index contributed by atoms with van der Waals surface area (Å²) in [7, 11) is -3.73. The average Bonchev–Trinajstić information content (AvgIpc) is 2.85. The average molecular weight is 484 g/mol. The van der Waals surface area contributed by atoms with Crippen molar-refractivity contribution in [3.05, 3.63) is 42.0 Å². The van der Waals surface area contributed by atoms with Gasteiger partial charge in [-0.2, -0.15) is 0 Å². The molecule has 1 N–H and O–H groups in total. The molecule has 0 atom stereocenters. The molecule has 2 aromatic carbocycles. The van der Waals surface area contributed by atoms with E-state index in [-0.39, 0.29) is 16.4 Å². The molecule has 2 aromatic rings. The largest absolute Gasteiger partial charge is 0.507 e. The second-order valence-electron chi connectivity index (χ2n) is 8.64. The first-order valence-corrected chi connectivity index (χ1v) is 13.9. The Labute approximate surface area is 193 Å². The van der Waals surface area contributed by atoms with E-state index in [1.807, 2.05) is 0 Å². The molecule has 0 saturated heterocycles. The lowest BCUT2D eigenvalue weighted by molar-refractivity contribution is 0.270. The van der Waals surface area contributed by atoms with Crippen LogP contribution in [0.2, 0.25) is 0 Å². The molecule has 0 aliphatic carbocycles. The molecule has 1 aliphatic rings. The van der Waals surface area contributed by atoms with E-state index < -0.39 is 26.9 Å². The summed E-state index contributed by atoms with van der Waals surface area (Å²) < 4.78 is 55.1. The third kappa shape index (κ3) is 5.06. The maximum Gasteiger partial charge on any atom is 0.181 e. The Morgan fingerprint density at radius 2 is 1.72 bits per heavy atom. The van der Waals surface area contributed by atoms with Crippen molar-refractivity contribution in [2.45, 2.75) is 62.2 Å². The Morgan fingerprint density at radius 1 is 1.06 bits per heavy atom. The Bertz CT molecular complexity index is 1070. The predicted molar refractivity (Wildman–Crippen MR) is 127 cm³/mol. The van der Waals surface area contributed by atoms with Crippen LogP contribution in [-0.2, 0) is 9.84 Å². The van der Waals surface area contributed by atoms with Crippen LogP contribution < -0.4 is 4.90 Å². The van der Waals surface area contributed by atoms with Crippen molar-refractivity contribution < 1.29 is 22.3 Å². The highest BCUT2D eigenvalue weighted by atomic mass is 32.2. The van der Waals surface area contributed by atoms with Crippen LogP contribution in [0.5, 0.6) is 5.75 Å². The molecule has 8 heteroatoms. The van der Waals surface area contributed by atoms with Crippen molar-refractivity contribution in [1.82, 2.24) is 0 Å². The molecule has 0 aromatic heterocycles. The fourth-order valence-electron chi connectivity index (χ4n) is 4.52. The van der Waals surface area contributed by atoms with Crippen LogP contribution in [-0.4, -0.2) is 32.1 Å². The number of rotatable bonds is 8. The molecule has 1 aliphatic heterocycles. The van der Waals surface area contributed by atoms with E-state index in [2.05, 4.69) is 13.8 Å². The summed E-state index contributed by atoms with van der Waals surface area (Å²) in [5.74, 6) is -2.06. The molecule has 0 spiro atoms. The standard InChI is InChI=1S/C24H31F2NO3S2/c1-4-6-10-24(11-7-5-2)15-27(17-8-9-18(25)19(26)12-17)20-13-22(31-3)21(28)14-23(20)32(29,30)16-24/h8-9,12-14,28H,4-7,10-11,15-16H2,1-3H3.